The van der Waals surface area contributed by atoms with Crippen molar-refractivity contribution in [1.29, 1.82) is 0 Å². The normalized spacial score (nSPS) is 24.6. The largest absolute Gasteiger partial charge is 0.489 e. The number of carbonyl (C=O) groups is 1. The summed E-state index contributed by atoms with van der Waals surface area (Å²) in [6.07, 6.45) is 4.38. The van der Waals surface area contributed by atoms with Crippen LogP contribution in [0.4, 0.5) is 0 Å². The average molecular weight is 281 g/mol. The van der Waals surface area contributed by atoms with Gasteiger partial charge in [0.25, 0.3) is 0 Å². The van der Waals surface area contributed by atoms with E-state index < -0.39 is 0 Å². The molecule has 0 saturated heterocycles. The maximum absolute atomic E-state index is 12.0. The summed E-state index contributed by atoms with van der Waals surface area (Å²) in [7, 11) is 0. The molecule has 3 heteroatoms. The van der Waals surface area contributed by atoms with E-state index in [1.165, 1.54) is 19.3 Å². The maximum Gasteiger partial charge on any atom is 0.170 e. The van der Waals surface area contributed by atoms with Gasteiger partial charge in [-0.25, -0.2) is 0 Å². The molecule has 1 unspecified atom stereocenters. The van der Waals surface area contributed by atoms with Gasteiger partial charge < -0.3 is 4.74 Å². The standard InChI is InChI=1S/C13H13BrO2/c14-9-4-5-12-10(6-9)11(15)7-13(16-12)8-2-1-3-8/h4-6,8,13H,1-3,7H2. The minimum absolute atomic E-state index is 0.120. The first-order chi connectivity index (χ1) is 7.74. The maximum atomic E-state index is 12.0. The molecule has 1 aliphatic heterocycles. The van der Waals surface area contributed by atoms with E-state index in [2.05, 4.69) is 15.9 Å². The van der Waals surface area contributed by atoms with E-state index in [1.807, 2.05) is 18.2 Å². The Morgan fingerprint density at radius 3 is 2.81 bits per heavy atom. The Bertz CT molecular complexity index is 438. The molecule has 84 valence electrons. The van der Waals surface area contributed by atoms with Gasteiger partial charge in [-0.2, -0.15) is 0 Å². The van der Waals surface area contributed by atoms with Crippen molar-refractivity contribution in [3.05, 3.63) is 28.2 Å². The number of fused-ring (bicyclic) bond motifs is 1. The minimum atomic E-state index is 0.120. The molecule has 0 amide bonds. The fraction of sp³-hybridized carbons (Fsp3) is 0.462. The van der Waals surface area contributed by atoms with Crippen LogP contribution in [0.5, 0.6) is 5.75 Å². The second kappa shape index (κ2) is 3.88. The molecule has 1 aromatic rings. The number of hydrogen-bond donors (Lipinski definition) is 0. The summed E-state index contributed by atoms with van der Waals surface area (Å²) in [5.74, 6) is 1.58. The lowest BCUT2D eigenvalue weighted by Crippen LogP contribution is -2.37. The van der Waals surface area contributed by atoms with Crippen molar-refractivity contribution < 1.29 is 9.53 Å². The highest BCUT2D eigenvalue weighted by atomic mass is 79.9. The number of ether oxygens (including phenoxy) is 1. The van der Waals surface area contributed by atoms with Crippen molar-refractivity contribution in [2.75, 3.05) is 0 Å². The van der Waals surface area contributed by atoms with Gasteiger partial charge in [0, 0.05) is 10.9 Å². The fourth-order valence-electron chi connectivity index (χ4n) is 2.39. The van der Waals surface area contributed by atoms with Crippen molar-refractivity contribution in [3.63, 3.8) is 0 Å². The number of carbonyl (C=O) groups excluding carboxylic acids is 1. The van der Waals surface area contributed by atoms with Gasteiger partial charge in [-0.15, -0.1) is 0 Å². The van der Waals surface area contributed by atoms with E-state index in [4.69, 9.17) is 4.74 Å². The van der Waals surface area contributed by atoms with Crippen LogP contribution in [-0.4, -0.2) is 11.9 Å². The van der Waals surface area contributed by atoms with Gasteiger partial charge in [0.15, 0.2) is 5.78 Å². The Morgan fingerprint density at radius 2 is 2.12 bits per heavy atom. The molecular weight excluding hydrogens is 268 g/mol. The van der Waals surface area contributed by atoms with Gasteiger partial charge in [-0.1, -0.05) is 22.4 Å². The molecule has 1 heterocycles. The first kappa shape index (κ1) is 10.3. The van der Waals surface area contributed by atoms with Crippen molar-refractivity contribution >= 4 is 21.7 Å². The number of Topliss-reactive ketones (excluding diaryl/α,β-unsaturated/α-hetero) is 1. The summed E-state index contributed by atoms with van der Waals surface area (Å²) >= 11 is 3.38. The summed E-state index contributed by atoms with van der Waals surface area (Å²) in [6, 6.07) is 5.67. The summed E-state index contributed by atoms with van der Waals surface area (Å²) in [4.78, 5) is 12.0. The predicted molar refractivity (Wildman–Crippen MR) is 64.8 cm³/mol. The molecular formula is C13H13BrO2. The minimum Gasteiger partial charge on any atom is -0.489 e. The molecule has 16 heavy (non-hydrogen) atoms. The molecule has 0 radical (unpaired) electrons. The third-order valence-electron chi connectivity index (χ3n) is 3.58. The molecule has 0 spiro atoms. The van der Waals surface area contributed by atoms with Crippen LogP contribution in [0.1, 0.15) is 36.0 Å². The molecule has 1 aromatic carbocycles. The smallest absolute Gasteiger partial charge is 0.170 e. The highest BCUT2D eigenvalue weighted by molar-refractivity contribution is 9.10. The zero-order valence-electron chi connectivity index (χ0n) is 8.91. The van der Waals surface area contributed by atoms with Crippen molar-refractivity contribution in [2.24, 2.45) is 5.92 Å². The van der Waals surface area contributed by atoms with Gasteiger partial charge in [0.1, 0.15) is 11.9 Å². The lowest BCUT2D eigenvalue weighted by Gasteiger charge is -2.36. The first-order valence-corrected chi connectivity index (χ1v) is 6.53. The molecule has 0 bridgehead atoms. The van der Waals surface area contributed by atoms with E-state index >= 15 is 0 Å². The van der Waals surface area contributed by atoms with E-state index in [0.717, 1.165) is 15.8 Å². The third-order valence-corrected chi connectivity index (χ3v) is 4.08. The molecule has 0 aromatic heterocycles. The second-order valence-corrected chi connectivity index (χ2v) is 5.53. The predicted octanol–water partition coefficient (Wildman–Crippen LogP) is 3.58. The highest BCUT2D eigenvalue weighted by Gasteiger charge is 2.35. The Labute approximate surface area is 103 Å². The fourth-order valence-corrected chi connectivity index (χ4v) is 2.76. The number of hydrogen-bond acceptors (Lipinski definition) is 2. The number of ketones is 1. The SMILES string of the molecule is O=C1CC(C2CCC2)Oc2ccc(Br)cc21. The van der Waals surface area contributed by atoms with E-state index in [0.29, 0.717) is 12.3 Å². The molecule has 2 nitrogen and oxygen atoms in total. The number of rotatable bonds is 1. The average Bonchev–Trinajstić information content (AvgIpc) is 2.17. The molecule has 0 N–H and O–H groups in total. The van der Waals surface area contributed by atoms with Crippen molar-refractivity contribution in [2.45, 2.75) is 31.8 Å². The van der Waals surface area contributed by atoms with Crippen LogP contribution in [0.3, 0.4) is 0 Å². The van der Waals surface area contributed by atoms with Crippen LogP contribution in [0.2, 0.25) is 0 Å². The first-order valence-electron chi connectivity index (χ1n) is 5.73. The lowest BCUT2D eigenvalue weighted by molar-refractivity contribution is 0.0547. The van der Waals surface area contributed by atoms with Gasteiger partial charge in [0.2, 0.25) is 0 Å². The number of benzene rings is 1. The van der Waals surface area contributed by atoms with Crippen LogP contribution in [0.25, 0.3) is 0 Å². The zero-order chi connectivity index (χ0) is 11.1. The quantitative estimate of drug-likeness (QED) is 0.786. The van der Waals surface area contributed by atoms with Gasteiger partial charge in [0.05, 0.1) is 5.56 Å². The summed E-state index contributed by atoms with van der Waals surface area (Å²) < 4.78 is 6.86. The van der Waals surface area contributed by atoms with Crippen LogP contribution < -0.4 is 4.74 Å². The van der Waals surface area contributed by atoms with E-state index in [1.54, 1.807) is 0 Å². The topological polar surface area (TPSA) is 26.3 Å². The monoisotopic (exact) mass is 280 g/mol. The van der Waals surface area contributed by atoms with Gasteiger partial charge in [-0.3, -0.25) is 4.79 Å². The van der Waals surface area contributed by atoms with E-state index in [-0.39, 0.29) is 11.9 Å². The molecule has 2 aliphatic rings. The van der Waals surface area contributed by atoms with Crippen LogP contribution in [0.15, 0.2) is 22.7 Å². The molecule has 3 rings (SSSR count). The highest BCUT2D eigenvalue weighted by Crippen LogP contribution is 2.38. The van der Waals surface area contributed by atoms with Crippen molar-refractivity contribution in [3.8, 4) is 5.75 Å². The lowest BCUT2D eigenvalue weighted by atomic mass is 9.78. The van der Waals surface area contributed by atoms with Crippen molar-refractivity contribution in [1.82, 2.24) is 0 Å². The summed E-state index contributed by atoms with van der Waals surface area (Å²) in [5, 5.41) is 0. The van der Waals surface area contributed by atoms with Gasteiger partial charge in [-0.05, 0) is 37.0 Å². The Kier molecular flexibility index (Phi) is 2.51. The zero-order valence-corrected chi connectivity index (χ0v) is 10.5. The number of halogens is 1. The van der Waals surface area contributed by atoms with E-state index in [9.17, 15) is 4.79 Å². The Morgan fingerprint density at radius 1 is 1.31 bits per heavy atom. The summed E-state index contributed by atoms with van der Waals surface area (Å²) in [6.45, 7) is 0. The van der Waals surface area contributed by atoms with Crippen LogP contribution >= 0.6 is 15.9 Å². The molecule has 1 aliphatic carbocycles. The second-order valence-electron chi connectivity index (χ2n) is 4.62. The van der Waals surface area contributed by atoms with Gasteiger partial charge >= 0.3 is 0 Å². The van der Waals surface area contributed by atoms with Crippen LogP contribution in [-0.2, 0) is 0 Å². The third kappa shape index (κ3) is 1.67. The Hall–Kier alpha value is -0.830. The van der Waals surface area contributed by atoms with Crippen LogP contribution in [0, 0.1) is 5.92 Å². The molecule has 1 atom stereocenters. The Balaban J connectivity index is 1.90. The summed E-state index contributed by atoms with van der Waals surface area (Å²) in [5.41, 5.74) is 0.727. The molecule has 1 saturated carbocycles. The molecule has 1 fully saturated rings.